The smallest absolute Gasteiger partial charge is 0.335 e. The van der Waals surface area contributed by atoms with Gasteiger partial charge in [0, 0.05) is 8.95 Å². The topological polar surface area (TPSA) is 83.5 Å². The Hall–Kier alpha value is -1.38. The number of halogens is 2. The second-order valence-corrected chi connectivity index (χ2v) is 7.40. The van der Waals surface area contributed by atoms with Crippen molar-refractivity contribution in [3.05, 3.63) is 57.0 Å². The normalized spacial score (nSPS) is 11.1. The largest absolute Gasteiger partial charge is 0.478 e. The van der Waals surface area contributed by atoms with Crippen LogP contribution < -0.4 is 4.72 Å². The van der Waals surface area contributed by atoms with E-state index in [2.05, 4.69) is 36.6 Å². The van der Waals surface area contributed by atoms with Crippen LogP contribution in [0.3, 0.4) is 0 Å². The zero-order valence-corrected chi connectivity index (χ0v) is 14.4. The van der Waals surface area contributed by atoms with Gasteiger partial charge in [0.1, 0.15) is 4.90 Å². The first kappa shape index (κ1) is 16.0. The molecule has 2 rings (SSSR count). The number of carboxylic acid groups (broad SMARTS) is 1. The first-order valence-electron chi connectivity index (χ1n) is 5.61. The van der Waals surface area contributed by atoms with Crippen molar-refractivity contribution in [2.75, 3.05) is 4.72 Å². The van der Waals surface area contributed by atoms with Crippen molar-refractivity contribution in [3.63, 3.8) is 0 Å². The predicted octanol–water partition coefficient (Wildman–Crippen LogP) is 3.71. The van der Waals surface area contributed by atoms with Gasteiger partial charge < -0.3 is 5.11 Å². The molecule has 0 spiro atoms. The number of carboxylic acids is 1. The van der Waals surface area contributed by atoms with Crippen molar-refractivity contribution in [1.82, 2.24) is 0 Å². The molecule has 0 saturated carbocycles. The monoisotopic (exact) mass is 433 g/mol. The first-order valence-corrected chi connectivity index (χ1v) is 8.68. The van der Waals surface area contributed by atoms with Gasteiger partial charge in [0.2, 0.25) is 0 Å². The van der Waals surface area contributed by atoms with E-state index in [0.29, 0.717) is 10.2 Å². The molecule has 0 fully saturated rings. The van der Waals surface area contributed by atoms with E-state index >= 15 is 0 Å². The number of carbonyl (C=O) groups is 1. The molecule has 2 N–H and O–H groups in total. The summed E-state index contributed by atoms with van der Waals surface area (Å²) in [5.41, 5.74) is 0.260. The molecule has 0 aromatic heterocycles. The minimum atomic E-state index is -3.91. The maximum Gasteiger partial charge on any atom is 0.335 e. The van der Waals surface area contributed by atoms with Gasteiger partial charge in [0.05, 0.1) is 11.3 Å². The number of hydrogen-bond acceptors (Lipinski definition) is 3. The van der Waals surface area contributed by atoms with E-state index in [1.807, 2.05) is 0 Å². The SMILES string of the molecule is O=C(O)c1ccc(Br)c(S(=O)(=O)Nc2ccccc2Br)c1. The van der Waals surface area contributed by atoms with Crippen LogP contribution in [0.1, 0.15) is 10.4 Å². The molecule has 0 aliphatic rings. The molecule has 2 aromatic rings. The number of benzene rings is 2. The lowest BCUT2D eigenvalue weighted by Gasteiger charge is -2.11. The van der Waals surface area contributed by atoms with Crippen LogP contribution in [0.5, 0.6) is 0 Å². The van der Waals surface area contributed by atoms with Crippen LogP contribution in [0.2, 0.25) is 0 Å². The Balaban J connectivity index is 2.47. The second-order valence-electron chi connectivity index (χ2n) is 4.04. The number of anilines is 1. The lowest BCUT2D eigenvalue weighted by atomic mass is 10.2. The lowest BCUT2D eigenvalue weighted by Crippen LogP contribution is -2.14. The molecule has 0 bridgehead atoms. The summed E-state index contributed by atoms with van der Waals surface area (Å²) >= 11 is 6.37. The average Bonchev–Trinajstić information content (AvgIpc) is 2.41. The summed E-state index contributed by atoms with van der Waals surface area (Å²) in [6, 6.07) is 10.5. The van der Waals surface area contributed by atoms with Gasteiger partial charge in [-0.15, -0.1) is 0 Å². The molecule has 0 aliphatic carbocycles. The minimum Gasteiger partial charge on any atom is -0.478 e. The van der Waals surface area contributed by atoms with E-state index in [1.165, 1.54) is 12.1 Å². The van der Waals surface area contributed by atoms with Gasteiger partial charge in [-0.1, -0.05) is 12.1 Å². The van der Waals surface area contributed by atoms with E-state index in [1.54, 1.807) is 24.3 Å². The Bertz CT molecular complexity index is 806. The highest BCUT2D eigenvalue weighted by atomic mass is 79.9. The molecule has 0 aliphatic heterocycles. The van der Waals surface area contributed by atoms with Gasteiger partial charge in [-0.25, -0.2) is 13.2 Å². The van der Waals surface area contributed by atoms with E-state index in [0.717, 1.165) is 6.07 Å². The van der Waals surface area contributed by atoms with Crippen molar-refractivity contribution in [3.8, 4) is 0 Å². The Morgan fingerprint density at radius 3 is 2.33 bits per heavy atom. The van der Waals surface area contributed by atoms with Gasteiger partial charge in [0.25, 0.3) is 10.0 Å². The molecule has 110 valence electrons. The highest BCUT2D eigenvalue weighted by molar-refractivity contribution is 9.11. The number of nitrogens with one attached hydrogen (secondary N) is 1. The van der Waals surface area contributed by atoms with Crippen molar-refractivity contribution in [1.29, 1.82) is 0 Å². The molecular formula is C13H9Br2NO4S. The van der Waals surface area contributed by atoms with Crippen molar-refractivity contribution >= 4 is 53.5 Å². The van der Waals surface area contributed by atoms with Crippen molar-refractivity contribution in [2.24, 2.45) is 0 Å². The van der Waals surface area contributed by atoms with E-state index in [-0.39, 0.29) is 14.9 Å². The predicted molar refractivity (Wildman–Crippen MR) is 86.1 cm³/mol. The number of aromatic carboxylic acids is 1. The zero-order chi connectivity index (χ0) is 15.6. The summed E-state index contributed by atoms with van der Waals surface area (Å²) in [7, 11) is -3.91. The lowest BCUT2D eigenvalue weighted by molar-refractivity contribution is 0.0696. The fourth-order valence-electron chi connectivity index (χ4n) is 1.59. The molecule has 21 heavy (non-hydrogen) atoms. The average molecular weight is 435 g/mol. The Kier molecular flexibility index (Phi) is 4.70. The highest BCUT2D eigenvalue weighted by Gasteiger charge is 2.20. The zero-order valence-electron chi connectivity index (χ0n) is 10.4. The maximum absolute atomic E-state index is 12.4. The highest BCUT2D eigenvalue weighted by Crippen LogP contribution is 2.28. The van der Waals surface area contributed by atoms with Crippen LogP contribution in [-0.4, -0.2) is 19.5 Å². The fraction of sp³-hybridized carbons (Fsp3) is 0. The van der Waals surface area contributed by atoms with Crippen LogP contribution in [0.15, 0.2) is 56.3 Å². The fourth-order valence-corrected chi connectivity index (χ4v) is 4.17. The number of rotatable bonds is 4. The number of sulfonamides is 1. The molecular weight excluding hydrogens is 426 g/mol. The van der Waals surface area contributed by atoms with E-state index in [9.17, 15) is 13.2 Å². The quantitative estimate of drug-likeness (QED) is 0.768. The Morgan fingerprint density at radius 1 is 1.05 bits per heavy atom. The molecule has 0 amide bonds. The third kappa shape index (κ3) is 3.63. The van der Waals surface area contributed by atoms with Crippen molar-refractivity contribution in [2.45, 2.75) is 4.90 Å². The molecule has 5 nitrogen and oxygen atoms in total. The number of para-hydroxylation sites is 1. The summed E-state index contributed by atoms with van der Waals surface area (Å²) in [5, 5.41) is 8.96. The number of hydrogen-bond donors (Lipinski definition) is 2. The van der Waals surface area contributed by atoms with Gasteiger partial charge in [-0.05, 0) is 62.2 Å². The van der Waals surface area contributed by atoms with Crippen LogP contribution in [-0.2, 0) is 10.0 Å². The summed E-state index contributed by atoms with van der Waals surface area (Å²) in [4.78, 5) is 10.8. The van der Waals surface area contributed by atoms with Gasteiger partial charge >= 0.3 is 5.97 Å². The summed E-state index contributed by atoms with van der Waals surface area (Å²) in [5.74, 6) is -1.19. The summed E-state index contributed by atoms with van der Waals surface area (Å²) in [6.45, 7) is 0. The molecule has 0 unspecified atom stereocenters. The van der Waals surface area contributed by atoms with Gasteiger partial charge in [0.15, 0.2) is 0 Å². The molecule has 2 aromatic carbocycles. The molecule has 0 atom stereocenters. The molecule has 0 heterocycles. The van der Waals surface area contributed by atoms with E-state index < -0.39 is 16.0 Å². The van der Waals surface area contributed by atoms with Crippen LogP contribution in [0, 0.1) is 0 Å². The molecule has 8 heteroatoms. The van der Waals surface area contributed by atoms with Gasteiger partial charge in [-0.3, -0.25) is 4.72 Å². The molecule has 0 saturated heterocycles. The Morgan fingerprint density at radius 2 is 1.71 bits per heavy atom. The van der Waals surface area contributed by atoms with E-state index in [4.69, 9.17) is 5.11 Å². The minimum absolute atomic E-state index is 0.106. The maximum atomic E-state index is 12.4. The van der Waals surface area contributed by atoms with Crippen LogP contribution >= 0.6 is 31.9 Å². The Labute approximate surface area is 138 Å². The third-order valence-electron chi connectivity index (χ3n) is 2.59. The third-order valence-corrected chi connectivity index (χ3v) is 5.64. The van der Waals surface area contributed by atoms with Gasteiger partial charge in [-0.2, -0.15) is 0 Å². The second kappa shape index (κ2) is 6.17. The summed E-state index contributed by atoms with van der Waals surface area (Å²) < 4.78 is 28.1. The first-order chi connectivity index (χ1) is 9.81. The van der Waals surface area contributed by atoms with Crippen LogP contribution in [0.25, 0.3) is 0 Å². The molecule has 0 radical (unpaired) electrons. The summed E-state index contributed by atoms with van der Waals surface area (Å²) in [6.07, 6.45) is 0. The van der Waals surface area contributed by atoms with Crippen molar-refractivity contribution < 1.29 is 18.3 Å². The van der Waals surface area contributed by atoms with Crippen LogP contribution in [0.4, 0.5) is 5.69 Å². The standard InChI is InChI=1S/C13H9Br2NO4S/c14-9-3-1-2-4-11(9)16-21(19,20)12-7-8(13(17)18)5-6-10(12)15/h1-7,16H,(H,17,18).